The third-order valence-corrected chi connectivity index (χ3v) is 4.02. The maximum atomic E-state index is 4.35. The molecule has 1 N–H and O–H groups in total. The normalized spacial score (nSPS) is 12.3. The number of hydrogen-bond donors (Lipinski definition) is 1. The number of fused-ring (bicyclic) bond motifs is 1. The number of hydrogen-bond acceptors (Lipinski definition) is 2. The molecule has 1 unspecified atom stereocenters. The molecule has 3 aromatic rings. The highest BCUT2D eigenvalue weighted by Gasteiger charge is 2.07. The van der Waals surface area contributed by atoms with Crippen molar-refractivity contribution in [3.63, 3.8) is 0 Å². The van der Waals surface area contributed by atoms with Crippen molar-refractivity contribution in [2.75, 3.05) is 5.32 Å². The lowest BCUT2D eigenvalue weighted by molar-refractivity contribution is 0.882. The molecular formula is C19H20N2. The number of nitrogens with zero attached hydrogens (tertiary/aromatic N) is 1. The molecule has 1 heterocycles. The maximum absolute atomic E-state index is 4.35. The van der Waals surface area contributed by atoms with Crippen molar-refractivity contribution in [1.82, 2.24) is 4.98 Å². The number of anilines is 1. The van der Waals surface area contributed by atoms with Crippen LogP contribution in [0.15, 0.2) is 54.7 Å². The Morgan fingerprint density at radius 2 is 1.81 bits per heavy atom. The lowest BCUT2D eigenvalue weighted by atomic mass is 10.0. The van der Waals surface area contributed by atoms with Crippen LogP contribution in [0.2, 0.25) is 0 Å². The summed E-state index contributed by atoms with van der Waals surface area (Å²) < 4.78 is 0. The molecule has 0 amide bonds. The molecule has 0 radical (unpaired) electrons. The van der Waals surface area contributed by atoms with Gasteiger partial charge in [-0.25, -0.2) is 0 Å². The molecule has 3 rings (SSSR count). The molecule has 0 aliphatic rings. The first-order valence-corrected chi connectivity index (χ1v) is 7.32. The van der Waals surface area contributed by atoms with E-state index in [1.165, 1.54) is 16.7 Å². The predicted molar refractivity (Wildman–Crippen MR) is 89.7 cm³/mol. The number of aromatic nitrogens is 1. The summed E-state index contributed by atoms with van der Waals surface area (Å²) in [6.45, 7) is 6.50. The number of pyridine rings is 1. The van der Waals surface area contributed by atoms with E-state index < -0.39 is 0 Å². The standard InChI is InChI=1S/C19H20N2/c1-13-6-7-16(11-14(13)2)15(3)21-18-8-9-19-17(12-18)5-4-10-20-19/h4-12,15,21H,1-3H3. The van der Waals surface area contributed by atoms with Gasteiger partial charge in [0.05, 0.1) is 5.52 Å². The lowest BCUT2D eigenvalue weighted by Crippen LogP contribution is -2.07. The van der Waals surface area contributed by atoms with Crippen molar-refractivity contribution in [3.8, 4) is 0 Å². The molecule has 2 aromatic carbocycles. The summed E-state index contributed by atoms with van der Waals surface area (Å²) in [7, 11) is 0. The third kappa shape index (κ3) is 2.89. The van der Waals surface area contributed by atoms with Crippen LogP contribution < -0.4 is 5.32 Å². The smallest absolute Gasteiger partial charge is 0.0703 e. The molecule has 21 heavy (non-hydrogen) atoms. The molecule has 0 fully saturated rings. The van der Waals surface area contributed by atoms with Crippen LogP contribution in [0.3, 0.4) is 0 Å². The summed E-state index contributed by atoms with van der Waals surface area (Å²) in [5.41, 5.74) is 6.14. The highest BCUT2D eigenvalue weighted by molar-refractivity contribution is 5.82. The average molecular weight is 276 g/mol. The number of rotatable bonds is 3. The summed E-state index contributed by atoms with van der Waals surface area (Å²) >= 11 is 0. The number of nitrogens with one attached hydrogen (secondary N) is 1. The molecule has 2 nitrogen and oxygen atoms in total. The molecule has 0 spiro atoms. The van der Waals surface area contributed by atoms with Crippen molar-refractivity contribution in [2.24, 2.45) is 0 Å². The minimum atomic E-state index is 0.276. The van der Waals surface area contributed by atoms with Gasteiger partial charge in [-0.2, -0.15) is 0 Å². The molecular weight excluding hydrogens is 256 g/mol. The van der Waals surface area contributed by atoms with Crippen LogP contribution in [-0.2, 0) is 0 Å². The highest BCUT2D eigenvalue weighted by Crippen LogP contribution is 2.23. The Labute approximate surface area is 125 Å². The quantitative estimate of drug-likeness (QED) is 0.726. The van der Waals surface area contributed by atoms with Gasteiger partial charge in [0.15, 0.2) is 0 Å². The molecule has 1 atom stereocenters. The maximum Gasteiger partial charge on any atom is 0.0703 e. The van der Waals surface area contributed by atoms with E-state index in [9.17, 15) is 0 Å². The molecule has 0 bridgehead atoms. The van der Waals surface area contributed by atoms with Gasteiger partial charge in [-0.3, -0.25) is 4.98 Å². The Balaban J connectivity index is 1.85. The van der Waals surface area contributed by atoms with E-state index in [-0.39, 0.29) is 6.04 Å². The van der Waals surface area contributed by atoms with Gasteiger partial charge in [-0.15, -0.1) is 0 Å². The van der Waals surface area contributed by atoms with Crippen LogP contribution in [0.5, 0.6) is 0 Å². The van der Waals surface area contributed by atoms with Crippen LogP contribution in [0.4, 0.5) is 5.69 Å². The number of aryl methyl sites for hydroxylation is 2. The zero-order valence-corrected chi connectivity index (χ0v) is 12.7. The van der Waals surface area contributed by atoms with Crippen molar-refractivity contribution in [2.45, 2.75) is 26.8 Å². The Kier molecular flexibility index (Phi) is 3.61. The van der Waals surface area contributed by atoms with Gasteiger partial charge in [-0.05, 0) is 61.7 Å². The largest absolute Gasteiger partial charge is 0.379 e. The van der Waals surface area contributed by atoms with E-state index in [0.717, 1.165) is 16.6 Å². The summed E-state index contributed by atoms with van der Waals surface area (Å²) in [4.78, 5) is 4.35. The minimum Gasteiger partial charge on any atom is -0.379 e. The summed E-state index contributed by atoms with van der Waals surface area (Å²) in [5.74, 6) is 0. The van der Waals surface area contributed by atoms with Crippen molar-refractivity contribution < 1.29 is 0 Å². The van der Waals surface area contributed by atoms with E-state index in [0.29, 0.717) is 0 Å². The molecule has 2 heteroatoms. The first-order chi connectivity index (χ1) is 10.1. The Morgan fingerprint density at radius 3 is 2.62 bits per heavy atom. The number of benzene rings is 2. The molecule has 0 aliphatic heterocycles. The molecule has 0 aliphatic carbocycles. The van der Waals surface area contributed by atoms with Crippen LogP contribution in [0, 0.1) is 13.8 Å². The highest BCUT2D eigenvalue weighted by atomic mass is 14.9. The van der Waals surface area contributed by atoms with Crippen LogP contribution in [-0.4, -0.2) is 4.98 Å². The zero-order chi connectivity index (χ0) is 14.8. The molecule has 1 aromatic heterocycles. The van der Waals surface area contributed by atoms with Gasteiger partial charge in [0.25, 0.3) is 0 Å². The zero-order valence-electron chi connectivity index (χ0n) is 12.7. The Bertz CT molecular complexity index is 777. The first-order valence-electron chi connectivity index (χ1n) is 7.32. The van der Waals surface area contributed by atoms with E-state index in [2.05, 4.69) is 73.5 Å². The van der Waals surface area contributed by atoms with Crippen molar-refractivity contribution >= 4 is 16.6 Å². The van der Waals surface area contributed by atoms with Crippen molar-refractivity contribution in [3.05, 3.63) is 71.4 Å². The molecule has 0 saturated carbocycles. The first kappa shape index (κ1) is 13.6. The second-order valence-electron chi connectivity index (χ2n) is 5.62. The van der Waals surface area contributed by atoms with Crippen LogP contribution >= 0.6 is 0 Å². The predicted octanol–water partition coefficient (Wildman–Crippen LogP) is 5.02. The average Bonchev–Trinajstić information content (AvgIpc) is 2.50. The van der Waals surface area contributed by atoms with Crippen LogP contribution in [0.25, 0.3) is 10.9 Å². The summed E-state index contributed by atoms with van der Waals surface area (Å²) in [5, 5.41) is 4.73. The summed E-state index contributed by atoms with van der Waals surface area (Å²) in [6.07, 6.45) is 1.83. The molecule has 0 saturated heterocycles. The molecule has 106 valence electrons. The van der Waals surface area contributed by atoms with Gasteiger partial charge < -0.3 is 5.32 Å². The Hall–Kier alpha value is -2.35. The fourth-order valence-electron chi connectivity index (χ4n) is 2.53. The fraction of sp³-hybridized carbons (Fsp3) is 0.211. The van der Waals surface area contributed by atoms with Gasteiger partial charge in [0.1, 0.15) is 0 Å². The summed E-state index contributed by atoms with van der Waals surface area (Å²) in [6, 6.07) is 17.3. The Morgan fingerprint density at radius 1 is 0.952 bits per heavy atom. The van der Waals surface area contributed by atoms with Gasteiger partial charge in [-0.1, -0.05) is 24.3 Å². The topological polar surface area (TPSA) is 24.9 Å². The van der Waals surface area contributed by atoms with E-state index >= 15 is 0 Å². The van der Waals surface area contributed by atoms with E-state index in [4.69, 9.17) is 0 Å². The van der Waals surface area contributed by atoms with Gasteiger partial charge in [0, 0.05) is 23.3 Å². The SMILES string of the molecule is Cc1ccc(C(C)Nc2ccc3ncccc3c2)cc1C. The second kappa shape index (κ2) is 5.57. The second-order valence-corrected chi connectivity index (χ2v) is 5.62. The third-order valence-electron chi connectivity index (χ3n) is 4.02. The van der Waals surface area contributed by atoms with Crippen molar-refractivity contribution in [1.29, 1.82) is 0 Å². The van der Waals surface area contributed by atoms with E-state index in [1.54, 1.807) is 0 Å². The van der Waals surface area contributed by atoms with E-state index in [1.807, 2.05) is 12.3 Å². The minimum absolute atomic E-state index is 0.276. The monoisotopic (exact) mass is 276 g/mol. The van der Waals surface area contributed by atoms with Gasteiger partial charge >= 0.3 is 0 Å². The van der Waals surface area contributed by atoms with Gasteiger partial charge in [0.2, 0.25) is 0 Å². The fourth-order valence-corrected chi connectivity index (χ4v) is 2.53. The van der Waals surface area contributed by atoms with Crippen LogP contribution in [0.1, 0.15) is 29.7 Å². The lowest BCUT2D eigenvalue weighted by Gasteiger charge is -2.17.